The van der Waals surface area contributed by atoms with Crippen LogP contribution in [0.1, 0.15) is 33.1 Å². The Morgan fingerprint density at radius 2 is 2.11 bits per heavy atom. The molecule has 1 aromatic rings. The molecule has 0 aliphatic rings. The first-order valence-electron chi connectivity index (χ1n) is 6.20. The minimum absolute atomic E-state index is 0.305. The fourth-order valence-corrected chi connectivity index (χ4v) is 3.30. The van der Waals surface area contributed by atoms with E-state index in [1.165, 1.54) is 0 Å². The highest BCUT2D eigenvalue weighted by molar-refractivity contribution is 7.85. The summed E-state index contributed by atoms with van der Waals surface area (Å²) in [4.78, 5) is 0.635. The van der Waals surface area contributed by atoms with Crippen LogP contribution >= 0.6 is 11.6 Å². The summed E-state index contributed by atoms with van der Waals surface area (Å²) in [5.41, 5.74) is 5.86. The van der Waals surface area contributed by atoms with E-state index in [1.807, 2.05) is 13.8 Å². The Morgan fingerprint density at radius 3 is 2.68 bits per heavy atom. The van der Waals surface area contributed by atoms with Crippen molar-refractivity contribution in [1.29, 1.82) is 5.26 Å². The summed E-state index contributed by atoms with van der Waals surface area (Å²) in [6, 6.07) is 7.31. The van der Waals surface area contributed by atoms with Crippen LogP contribution in [-0.4, -0.2) is 9.96 Å². The van der Waals surface area contributed by atoms with Gasteiger partial charge >= 0.3 is 0 Å². The standard InChI is InChI=1S/C14H19ClN2OS/c1-14(2,10-16)7-3-4-8-19(18)13-6-5-11(17)9-12(13)15/h5-6,9H,3-4,7-8,17H2,1-2H3. The second-order valence-electron chi connectivity index (χ2n) is 5.19. The molecule has 0 aromatic heterocycles. The zero-order valence-corrected chi connectivity index (χ0v) is 12.9. The van der Waals surface area contributed by atoms with Crippen molar-refractivity contribution < 1.29 is 4.21 Å². The molecular formula is C14H19ClN2OS. The first-order chi connectivity index (χ1) is 8.85. The van der Waals surface area contributed by atoms with Gasteiger partial charge in [0.05, 0.1) is 32.2 Å². The quantitative estimate of drug-likeness (QED) is 0.642. The number of nitrogens with two attached hydrogens (primary N) is 1. The molecule has 1 rings (SSSR count). The van der Waals surface area contributed by atoms with Gasteiger partial charge in [-0.1, -0.05) is 18.0 Å². The number of halogens is 1. The topological polar surface area (TPSA) is 66.9 Å². The maximum absolute atomic E-state index is 12.1. The number of rotatable bonds is 6. The van der Waals surface area contributed by atoms with Crippen LogP contribution < -0.4 is 5.73 Å². The number of hydrogen-bond acceptors (Lipinski definition) is 3. The van der Waals surface area contributed by atoms with Crippen LogP contribution in [0.3, 0.4) is 0 Å². The molecule has 0 amide bonds. The van der Waals surface area contributed by atoms with Gasteiger partial charge in [0.15, 0.2) is 0 Å². The Morgan fingerprint density at radius 1 is 1.42 bits per heavy atom. The van der Waals surface area contributed by atoms with Gasteiger partial charge in [0.2, 0.25) is 0 Å². The van der Waals surface area contributed by atoms with Gasteiger partial charge < -0.3 is 5.73 Å². The predicted molar refractivity (Wildman–Crippen MR) is 80.4 cm³/mol. The molecule has 0 saturated heterocycles. The lowest BCUT2D eigenvalue weighted by atomic mass is 9.89. The van der Waals surface area contributed by atoms with Crippen LogP contribution in [0.5, 0.6) is 0 Å². The van der Waals surface area contributed by atoms with Crippen molar-refractivity contribution in [2.24, 2.45) is 5.41 Å². The van der Waals surface area contributed by atoms with Gasteiger partial charge in [0, 0.05) is 11.4 Å². The summed E-state index contributed by atoms with van der Waals surface area (Å²) in [6.07, 6.45) is 2.52. The first kappa shape index (κ1) is 16.0. The molecule has 0 saturated carbocycles. The van der Waals surface area contributed by atoms with E-state index < -0.39 is 10.8 Å². The van der Waals surface area contributed by atoms with E-state index in [-0.39, 0.29) is 5.41 Å². The van der Waals surface area contributed by atoms with Crippen LogP contribution in [-0.2, 0) is 10.8 Å². The lowest BCUT2D eigenvalue weighted by Gasteiger charge is -2.14. The van der Waals surface area contributed by atoms with Gasteiger partial charge in [0.1, 0.15) is 0 Å². The van der Waals surface area contributed by atoms with Crippen molar-refractivity contribution in [3.05, 3.63) is 23.2 Å². The predicted octanol–water partition coefficient (Wildman–Crippen LogP) is 3.75. The van der Waals surface area contributed by atoms with Gasteiger partial charge in [-0.05, 0) is 44.9 Å². The summed E-state index contributed by atoms with van der Waals surface area (Å²) in [5.74, 6) is 0.561. The second-order valence-corrected chi connectivity index (χ2v) is 7.14. The third-order valence-corrected chi connectivity index (χ3v) is 4.82. The van der Waals surface area contributed by atoms with Gasteiger partial charge in [-0.25, -0.2) is 0 Å². The fourth-order valence-electron chi connectivity index (χ4n) is 1.67. The summed E-state index contributed by atoms with van der Waals surface area (Å²) in [5, 5.41) is 9.36. The first-order valence-corrected chi connectivity index (χ1v) is 7.90. The minimum Gasteiger partial charge on any atom is -0.399 e. The third kappa shape index (κ3) is 5.22. The van der Waals surface area contributed by atoms with Gasteiger partial charge in [-0.15, -0.1) is 0 Å². The van der Waals surface area contributed by atoms with Crippen LogP contribution in [0.4, 0.5) is 5.69 Å². The smallest absolute Gasteiger partial charge is 0.0683 e. The van der Waals surface area contributed by atoms with Crippen LogP contribution in [0.25, 0.3) is 0 Å². The summed E-state index contributed by atoms with van der Waals surface area (Å²) in [7, 11) is -1.10. The molecule has 0 radical (unpaired) electrons. The van der Waals surface area contributed by atoms with E-state index in [4.69, 9.17) is 22.6 Å². The van der Waals surface area contributed by atoms with Crippen LogP contribution in [0.2, 0.25) is 5.02 Å². The molecule has 0 aliphatic carbocycles. The Hall–Kier alpha value is -1.05. The van der Waals surface area contributed by atoms with E-state index in [2.05, 4.69) is 6.07 Å². The molecule has 104 valence electrons. The van der Waals surface area contributed by atoms with Crippen molar-refractivity contribution in [2.45, 2.75) is 38.0 Å². The van der Waals surface area contributed by atoms with Crippen molar-refractivity contribution in [2.75, 3.05) is 11.5 Å². The summed E-state index contributed by atoms with van der Waals surface area (Å²) in [6.45, 7) is 3.83. The Kier molecular flexibility index (Phi) is 5.84. The highest BCUT2D eigenvalue weighted by Crippen LogP contribution is 2.25. The lowest BCUT2D eigenvalue weighted by Crippen LogP contribution is -2.08. The fraction of sp³-hybridized carbons (Fsp3) is 0.500. The number of nitrogen functional groups attached to an aromatic ring is 1. The summed E-state index contributed by atoms with van der Waals surface area (Å²) >= 11 is 6.02. The maximum Gasteiger partial charge on any atom is 0.0683 e. The van der Waals surface area contributed by atoms with E-state index in [1.54, 1.807) is 18.2 Å². The van der Waals surface area contributed by atoms with Crippen molar-refractivity contribution in [1.82, 2.24) is 0 Å². The molecule has 0 spiro atoms. The molecule has 0 heterocycles. The zero-order valence-electron chi connectivity index (χ0n) is 11.3. The number of nitrogens with zero attached hydrogens (tertiary/aromatic N) is 1. The molecule has 3 nitrogen and oxygen atoms in total. The van der Waals surface area contributed by atoms with Crippen molar-refractivity contribution in [3.8, 4) is 6.07 Å². The van der Waals surface area contributed by atoms with E-state index in [0.29, 0.717) is 21.4 Å². The molecule has 1 unspecified atom stereocenters. The molecule has 19 heavy (non-hydrogen) atoms. The van der Waals surface area contributed by atoms with Crippen LogP contribution in [0, 0.1) is 16.7 Å². The Bertz CT molecular complexity index is 509. The van der Waals surface area contributed by atoms with E-state index >= 15 is 0 Å². The van der Waals surface area contributed by atoms with Gasteiger partial charge in [0.25, 0.3) is 0 Å². The van der Waals surface area contributed by atoms with Gasteiger partial charge in [-0.3, -0.25) is 4.21 Å². The van der Waals surface area contributed by atoms with Crippen LogP contribution in [0.15, 0.2) is 23.1 Å². The van der Waals surface area contributed by atoms with Crippen molar-refractivity contribution >= 4 is 28.1 Å². The maximum atomic E-state index is 12.1. The second kappa shape index (κ2) is 6.93. The molecule has 0 fully saturated rings. The molecule has 0 bridgehead atoms. The number of benzene rings is 1. The molecule has 1 atom stereocenters. The van der Waals surface area contributed by atoms with E-state index in [0.717, 1.165) is 19.3 Å². The van der Waals surface area contributed by atoms with Crippen molar-refractivity contribution in [3.63, 3.8) is 0 Å². The number of nitriles is 1. The van der Waals surface area contributed by atoms with Gasteiger partial charge in [-0.2, -0.15) is 5.26 Å². The number of unbranched alkanes of at least 4 members (excludes halogenated alkanes) is 1. The monoisotopic (exact) mass is 298 g/mol. The molecule has 2 N–H and O–H groups in total. The average molecular weight is 299 g/mol. The molecule has 0 aliphatic heterocycles. The Labute approximate surface area is 122 Å². The number of anilines is 1. The third-order valence-electron chi connectivity index (χ3n) is 2.89. The zero-order chi connectivity index (χ0) is 14.5. The highest BCUT2D eigenvalue weighted by atomic mass is 35.5. The SMILES string of the molecule is CC(C)(C#N)CCCCS(=O)c1ccc(N)cc1Cl. The molecule has 5 heteroatoms. The average Bonchev–Trinajstić information content (AvgIpc) is 2.34. The minimum atomic E-state index is -1.10. The normalized spacial score (nSPS) is 12.9. The summed E-state index contributed by atoms with van der Waals surface area (Å²) < 4.78 is 12.1. The Balaban J connectivity index is 2.46. The number of hydrogen-bond donors (Lipinski definition) is 1. The molecular weight excluding hydrogens is 280 g/mol. The molecule has 1 aromatic carbocycles. The lowest BCUT2D eigenvalue weighted by molar-refractivity contribution is 0.432. The largest absolute Gasteiger partial charge is 0.399 e. The highest BCUT2D eigenvalue weighted by Gasteiger charge is 2.16. The van der Waals surface area contributed by atoms with E-state index in [9.17, 15) is 4.21 Å².